The Bertz CT molecular complexity index is 1280. The molecule has 0 spiro atoms. The van der Waals surface area contributed by atoms with Crippen LogP contribution in [0.4, 0.5) is 17.5 Å². The molecule has 0 aliphatic carbocycles. The summed E-state index contributed by atoms with van der Waals surface area (Å²) in [5.74, 6) is 1.76. The van der Waals surface area contributed by atoms with Crippen LogP contribution in [-0.2, 0) is 6.54 Å². The SMILES string of the molecule is Cc1cc(N(CCNc2ccnc3cc(Cl)ccc23)Cc2ccccn2)nc(N2CCCCC2)n1. The molecule has 1 N–H and O–H groups in total. The number of benzene rings is 1. The van der Waals surface area contributed by atoms with E-state index in [1.165, 1.54) is 19.3 Å². The van der Waals surface area contributed by atoms with Crippen LogP contribution in [-0.4, -0.2) is 46.1 Å². The number of nitrogens with one attached hydrogen (secondary N) is 1. The summed E-state index contributed by atoms with van der Waals surface area (Å²) in [6, 6.07) is 15.9. The van der Waals surface area contributed by atoms with Gasteiger partial charge in [-0.1, -0.05) is 17.7 Å². The molecule has 0 amide bonds. The Kier molecular flexibility index (Phi) is 7.23. The van der Waals surface area contributed by atoms with Crippen molar-refractivity contribution in [2.45, 2.75) is 32.7 Å². The first-order chi connectivity index (χ1) is 17.2. The van der Waals surface area contributed by atoms with Crippen LogP contribution in [0.2, 0.25) is 5.02 Å². The van der Waals surface area contributed by atoms with Crippen molar-refractivity contribution in [3.05, 3.63) is 77.3 Å². The third kappa shape index (κ3) is 5.80. The number of hydrogen-bond donors (Lipinski definition) is 1. The minimum atomic E-state index is 0.672. The summed E-state index contributed by atoms with van der Waals surface area (Å²) in [6.45, 7) is 6.24. The van der Waals surface area contributed by atoms with Crippen molar-refractivity contribution in [2.75, 3.05) is 41.3 Å². The predicted octanol–water partition coefficient (Wildman–Crippen LogP) is 5.49. The molecule has 0 unspecified atom stereocenters. The van der Waals surface area contributed by atoms with Crippen LogP contribution < -0.4 is 15.1 Å². The molecule has 8 heteroatoms. The van der Waals surface area contributed by atoms with Crippen LogP contribution in [0.5, 0.6) is 0 Å². The number of anilines is 3. The number of fused-ring (bicyclic) bond motifs is 1. The highest BCUT2D eigenvalue weighted by Crippen LogP contribution is 2.25. The van der Waals surface area contributed by atoms with Crippen molar-refractivity contribution in [1.82, 2.24) is 19.9 Å². The lowest BCUT2D eigenvalue weighted by atomic mass is 10.1. The van der Waals surface area contributed by atoms with E-state index in [1.807, 2.05) is 55.7 Å². The molecule has 5 rings (SSSR count). The lowest BCUT2D eigenvalue weighted by Gasteiger charge is -2.29. The first-order valence-corrected chi connectivity index (χ1v) is 12.6. The van der Waals surface area contributed by atoms with Gasteiger partial charge in [0.25, 0.3) is 0 Å². The van der Waals surface area contributed by atoms with Gasteiger partial charge in [0.1, 0.15) is 5.82 Å². The van der Waals surface area contributed by atoms with Crippen molar-refractivity contribution >= 4 is 40.0 Å². The molecule has 1 aromatic carbocycles. The molecular formula is C27H30ClN7. The molecule has 4 aromatic rings. The number of aromatic nitrogens is 4. The molecule has 0 saturated carbocycles. The zero-order valence-corrected chi connectivity index (χ0v) is 20.7. The second kappa shape index (κ2) is 10.9. The second-order valence-electron chi connectivity index (χ2n) is 8.90. The highest BCUT2D eigenvalue weighted by atomic mass is 35.5. The van der Waals surface area contributed by atoms with E-state index in [2.05, 4.69) is 37.2 Å². The number of hydrogen-bond acceptors (Lipinski definition) is 7. The Hall–Kier alpha value is -3.45. The maximum Gasteiger partial charge on any atom is 0.227 e. The minimum absolute atomic E-state index is 0.672. The average molecular weight is 488 g/mol. The molecule has 7 nitrogen and oxygen atoms in total. The van der Waals surface area contributed by atoms with Crippen molar-refractivity contribution in [3.8, 4) is 0 Å². The first kappa shape index (κ1) is 23.3. The van der Waals surface area contributed by atoms with Crippen molar-refractivity contribution in [2.24, 2.45) is 0 Å². The van der Waals surface area contributed by atoms with Gasteiger partial charge >= 0.3 is 0 Å². The maximum atomic E-state index is 6.15. The Balaban J connectivity index is 1.38. The Morgan fingerprint density at radius 3 is 2.69 bits per heavy atom. The Morgan fingerprint density at radius 2 is 1.86 bits per heavy atom. The van der Waals surface area contributed by atoms with Gasteiger partial charge in [0.05, 0.1) is 17.8 Å². The van der Waals surface area contributed by atoms with Gasteiger partial charge in [-0.05, 0) is 62.6 Å². The number of pyridine rings is 2. The van der Waals surface area contributed by atoms with E-state index in [1.54, 1.807) is 0 Å². The molecule has 1 aliphatic heterocycles. The zero-order valence-electron chi connectivity index (χ0n) is 20.0. The fraction of sp³-hybridized carbons (Fsp3) is 0.333. The topological polar surface area (TPSA) is 70.1 Å². The lowest BCUT2D eigenvalue weighted by Crippen LogP contribution is -2.33. The quantitative estimate of drug-likeness (QED) is 0.352. The average Bonchev–Trinajstić information content (AvgIpc) is 2.89. The van der Waals surface area contributed by atoms with Gasteiger partial charge in [-0.2, -0.15) is 4.98 Å². The molecular weight excluding hydrogens is 458 g/mol. The number of nitrogens with zero attached hydrogens (tertiary/aromatic N) is 6. The van der Waals surface area contributed by atoms with Gasteiger partial charge < -0.3 is 15.1 Å². The van der Waals surface area contributed by atoms with Gasteiger partial charge in [0, 0.05) is 66.4 Å². The summed E-state index contributed by atoms with van der Waals surface area (Å²) >= 11 is 6.15. The minimum Gasteiger partial charge on any atom is -0.383 e. The van der Waals surface area contributed by atoms with Gasteiger partial charge in [-0.3, -0.25) is 9.97 Å². The van der Waals surface area contributed by atoms with E-state index < -0.39 is 0 Å². The third-order valence-corrected chi connectivity index (χ3v) is 6.51. The highest BCUT2D eigenvalue weighted by Gasteiger charge is 2.18. The van der Waals surface area contributed by atoms with Crippen molar-refractivity contribution < 1.29 is 0 Å². The third-order valence-electron chi connectivity index (χ3n) is 6.27. The van der Waals surface area contributed by atoms with E-state index in [0.29, 0.717) is 11.6 Å². The van der Waals surface area contributed by atoms with Crippen LogP contribution in [0.15, 0.2) is 60.9 Å². The predicted molar refractivity (Wildman–Crippen MR) is 143 cm³/mol. The zero-order chi connectivity index (χ0) is 24.0. The summed E-state index contributed by atoms with van der Waals surface area (Å²) < 4.78 is 0. The molecule has 1 fully saturated rings. The molecule has 1 aliphatic rings. The van der Waals surface area contributed by atoms with Crippen LogP contribution in [0.1, 0.15) is 30.7 Å². The Morgan fingerprint density at radius 1 is 0.971 bits per heavy atom. The van der Waals surface area contributed by atoms with E-state index in [9.17, 15) is 0 Å². The van der Waals surface area contributed by atoms with Crippen molar-refractivity contribution in [3.63, 3.8) is 0 Å². The smallest absolute Gasteiger partial charge is 0.227 e. The number of aryl methyl sites for hydroxylation is 1. The van der Waals surface area contributed by atoms with E-state index in [4.69, 9.17) is 21.6 Å². The van der Waals surface area contributed by atoms with Crippen molar-refractivity contribution in [1.29, 1.82) is 0 Å². The maximum absolute atomic E-state index is 6.15. The van der Waals surface area contributed by atoms with Gasteiger partial charge in [0.15, 0.2) is 0 Å². The molecule has 3 aromatic heterocycles. The van der Waals surface area contributed by atoms with E-state index in [0.717, 1.165) is 65.9 Å². The molecule has 180 valence electrons. The largest absolute Gasteiger partial charge is 0.383 e. The summed E-state index contributed by atoms with van der Waals surface area (Å²) in [6.07, 6.45) is 7.32. The fourth-order valence-corrected chi connectivity index (χ4v) is 4.66. The van der Waals surface area contributed by atoms with Crippen LogP contribution >= 0.6 is 11.6 Å². The monoisotopic (exact) mass is 487 g/mol. The summed E-state index contributed by atoms with van der Waals surface area (Å²) in [5.41, 5.74) is 3.90. The van der Waals surface area contributed by atoms with Gasteiger partial charge in [-0.15, -0.1) is 0 Å². The number of piperidine rings is 1. The molecule has 35 heavy (non-hydrogen) atoms. The number of halogens is 1. The molecule has 4 heterocycles. The van der Waals surface area contributed by atoms with Crippen LogP contribution in [0, 0.1) is 6.92 Å². The molecule has 0 bridgehead atoms. The summed E-state index contributed by atoms with van der Waals surface area (Å²) in [7, 11) is 0. The van der Waals surface area contributed by atoms with Gasteiger partial charge in [0.2, 0.25) is 5.95 Å². The van der Waals surface area contributed by atoms with Crippen LogP contribution in [0.3, 0.4) is 0 Å². The van der Waals surface area contributed by atoms with E-state index >= 15 is 0 Å². The molecule has 0 atom stereocenters. The number of rotatable bonds is 8. The summed E-state index contributed by atoms with van der Waals surface area (Å²) in [4.78, 5) is 23.3. The first-order valence-electron chi connectivity index (χ1n) is 12.2. The Labute approximate surface area is 211 Å². The normalized spacial score (nSPS) is 13.7. The second-order valence-corrected chi connectivity index (χ2v) is 9.34. The fourth-order valence-electron chi connectivity index (χ4n) is 4.50. The van der Waals surface area contributed by atoms with Gasteiger partial charge in [-0.25, -0.2) is 4.98 Å². The standard InChI is InChI=1S/C27H30ClN7/c1-20-17-26(33-27(32-20)34-14-5-2-6-15-34)35(19-22-7-3-4-11-29-22)16-13-31-24-10-12-30-25-18-21(28)8-9-23(24)25/h3-4,7-12,17-18H,2,5-6,13-16,19H2,1H3,(H,30,31). The molecule has 1 saturated heterocycles. The summed E-state index contributed by atoms with van der Waals surface area (Å²) in [5, 5.41) is 5.33. The van der Waals surface area contributed by atoms with Crippen LogP contribution in [0.25, 0.3) is 10.9 Å². The highest BCUT2D eigenvalue weighted by molar-refractivity contribution is 6.31. The lowest BCUT2D eigenvalue weighted by molar-refractivity contribution is 0.567. The molecule has 0 radical (unpaired) electrons. The van der Waals surface area contributed by atoms with E-state index in [-0.39, 0.29) is 0 Å².